The zero-order valence-electron chi connectivity index (χ0n) is 9.97. The van der Waals surface area contributed by atoms with Crippen LogP contribution in [0, 0.1) is 5.95 Å². The van der Waals surface area contributed by atoms with Crippen molar-refractivity contribution in [1.29, 1.82) is 0 Å². The van der Waals surface area contributed by atoms with Crippen molar-refractivity contribution in [3.63, 3.8) is 0 Å². The summed E-state index contributed by atoms with van der Waals surface area (Å²) in [7, 11) is 0. The molecule has 0 saturated carbocycles. The summed E-state index contributed by atoms with van der Waals surface area (Å²) in [5.41, 5.74) is 1.27. The predicted molar refractivity (Wildman–Crippen MR) is 66.3 cm³/mol. The summed E-state index contributed by atoms with van der Waals surface area (Å²) in [6, 6.07) is 9.93. The summed E-state index contributed by atoms with van der Waals surface area (Å²) >= 11 is 0. The normalized spacial score (nSPS) is 16.6. The molecule has 0 radical (unpaired) electrons. The van der Waals surface area contributed by atoms with Crippen molar-refractivity contribution in [2.45, 2.75) is 6.04 Å². The smallest absolute Gasteiger partial charge is 0.253 e. The molecule has 0 bridgehead atoms. The summed E-state index contributed by atoms with van der Waals surface area (Å²) in [4.78, 5) is 15.5. The molecule has 0 fully saturated rings. The van der Waals surface area contributed by atoms with E-state index in [-0.39, 0.29) is 11.9 Å². The predicted octanol–water partition coefficient (Wildman–Crippen LogP) is 2.08. The van der Waals surface area contributed by atoms with Crippen molar-refractivity contribution in [2.24, 2.45) is 0 Å². The van der Waals surface area contributed by atoms with Gasteiger partial charge in [0.25, 0.3) is 5.91 Å². The maximum Gasteiger partial charge on any atom is 0.253 e. The lowest BCUT2D eigenvalue weighted by Crippen LogP contribution is -2.29. The van der Waals surface area contributed by atoms with E-state index in [1.54, 1.807) is 0 Å². The molecule has 0 aliphatic carbocycles. The zero-order valence-corrected chi connectivity index (χ0v) is 9.97. The molecule has 1 aliphatic rings. The fraction of sp³-hybridized carbons (Fsp3) is 0.143. The average Bonchev–Trinajstić information content (AvgIpc) is 2.83. The van der Waals surface area contributed by atoms with Crippen LogP contribution in [-0.2, 0) is 0 Å². The summed E-state index contributed by atoms with van der Waals surface area (Å²) in [5.74, 6) is -0.117. The van der Waals surface area contributed by atoms with Crippen molar-refractivity contribution in [3.8, 4) is 5.75 Å². The molecule has 2 heterocycles. The molecular formula is C14H11FN2O2. The van der Waals surface area contributed by atoms with E-state index >= 15 is 0 Å². The number of hydrogen-bond acceptors (Lipinski definition) is 3. The topological polar surface area (TPSA) is 51.2 Å². The molecule has 1 aliphatic heterocycles. The third-order valence-electron chi connectivity index (χ3n) is 2.99. The molecule has 5 heteroatoms. The Morgan fingerprint density at radius 3 is 2.95 bits per heavy atom. The second-order valence-corrected chi connectivity index (χ2v) is 4.24. The summed E-state index contributed by atoms with van der Waals surface area (Å²) in [6.45, 7) is 0.402. The third-order valence-corrected chi connectivity index (χ3v) is 2.99. The summed E-state index contributed by atoms with van der Waals surface area (Å²) in [6.07, 6.45) is 1.21. The van der Waals surface area contributed by atoms with Crippen LogP contribution in [0.4, 0.5) is 4.39 Å². The Morgan fingerprint density at radius 2 is 2.16 bits per heavy atom. The number of carbonyl (C=O) groups excluding carboxylic acids is 1. The maximum absolute atomic E-state index is 12.7. The molecule has 1 atom stereocenters. The third kappa shape index (κ3) is 2.27. The summed E-state index contributed by atoms with van der Waals surface area (Å²) < 4.78 is 18.2. The van der Waals surface area contributed by atoms with Crippen LogP contribution in [0.3, 0.4) is 0 Å². The van der Waals surface area contributed by atoms with E-state index < -0.39 is 5.95 Å². The number of fused-ring (bicyclic) bond motifs is 1. The Labute approximate surface area is 109 Å². The molecule has 2 aromatic rings. The number of aromatic nitrogens is 1. The quantitative estimate of drug-likeness (QED) is 0.839. The molecule has 1 aromatic carbocycles. The van der Waals surface area contributed by atoms with Gasteiger partial charge < -0.3 is 10.1 Å². The van der Waals surface area contributed by atoms with Gasteiger partial charge in [-0.15, -0.1) is 0 Å². The number of para-hydroxylation sites is 1. The van der Waals surface area contributed by atoms with Gasteiger partial charge >= 0.3 is 0 Å². The van der Waals surface area contributed by atoms with E-state index in [1.807, 2.05) is 24.3 Å². The fourth-order valence-electron chi connectivity index (χ4n) is 2.03. The Hall–Kier alpha value is -2.43. The van der Waals surface area contributed by atoms with Gasteiger partial charge in [-0.3, -0.25) is 4.79 Å². The van der Waals surface area contributed by atoms with E-state index in [0.29, 0.717) is 12.2 Å². The molecule has 1 unspecified atom stereocenters. The number of amides is 1. The number of benzene rings is 1. The molecule has 1 aromatic heterocycles. The van der Waals surface area contributed by atoms with E-state index in [2.05, 4.69) is 10.3 Å². The first-order valence-electron chi connectivity index (χ1n) is 5.88. The molecule has 0 saturated heterocycles. The number of ether oxygens (including phenoxy) is 1. The van der Waals surface area contributed by atoms with Crippen LogP contribution in [0.5, 0.6) is 5.75 Å². The van der Waals surface area contributed by atoms with Gasteiger partial charge in [-0.25, -0.2) is 4.98 Å². The van der Waals surface area contributed by atoms with Gasteiger partial charge in [0, 0.05) is 11.8 Å². The highest BCUT2D eigenvalue weighted by Crippen LogP contribution is 2.31. The molecule has 96 valence electrons. The second-order valence-electron chi connectivity index (χ2n) is 4.24. The number of pyridine rings is 1. The van der Waals surface area contributed by atoms with Crippen molar-refractivity contribution in [1.82, 2.24) is 10.3 Å². The fourth-order valence-corrected chi connectivity index (χ4v) is 2.03. The molecule has 19 heavy (non-hydrogen) atoms. The largest absolute Gasteiger partial charge is 0.491 e. The molecule has 1 amide bonds. The number of nitrogens with zero attached hydrogens (tertiary/aromatic N) is 1. The van der Waals surface area contributed by atoms with Crippen LogP contribution in [-0.4, -0.2) is 17.5 Å². The summed E-state index contributed by atoms with van der Waals surface area (Å²) in [5, 5.41) is 2.84. The Bertz CT molecular complexity index is 613. The van der Waals surface area contributed by atoms with Crippen LogP contribution in [0.15, 0.2) is 42.6 Å². The molecule has 0 spiro atoms. The molecule has 4 nitrogen and oxygen atoms in total. The number of nitrogens with one attached hydrogen (secondary N) is 1. The zero-order chi connectivity index (χ0) is 13.2. The van der Waals surface area contributed by atoms with Crippen molar-refractivity contribution in [2.75, 3.05) is 6.61 Å². The van der Waals surface area contributed by atoms with Crippen molar-refractivity contribution < 1.29 is 13.9 Å². The number of carbonyl (C=O) groups is 1. The van der Waals surface area contributed by atoms with Gasteiger partial charge in [0.2, 0.25) is 5.95 Å². The minimum Gasteiger partial charge on any atom is -0.491 e. The Morgan fingerprint density at radius 1 is 1.32 bits per heavy atom. The lowest BCUT2D eigenvalue weighted by atomic mass is 10.1. The van der Waals surface area contributed by atoms with Gasteiger partial charge in [0.15, 0.2) is 0 Å². The monoisotopic (exact) mass is 258 g/mol. The van der Waals surface area contributed by atoms with E-state index in [9.17, 15) is 9.18 Å². The standard InChI is InChI=1S/C14H11FN2O2/c15-13-6-5-9(7-16-13)14(18)17-11-8-19-12-4-2-1-3-10(11)12/h1-7,11H,8H2,(H,17,18). The minimum absolute atomic E-state index is 0.186. The lowest BCUT2D eigenvalue weighted by molar-refractivity contribution is 0.0930. The first-order chi connectivity index (χ1) is 9.24. The number of halogens is 1. The molecule has 3 rings (SSSR count). The number of hydrogen-bond donors (Lipinski definition) is 1. The van der Waals surface area contributed by atoms with Crippen LogP contribution in [0.25, 0.3) is 0 Å². The van der Waals surface area contributed by atoms with Crippen LogP contribution < -0.4 is 10.1 Å². The lowest BCUT2D eigenvalue weighted by Gasteiger charge is -2.11. The van der Waals surface area contributed by atoms with E-state index in [4.69, 9.17) is 4.74 Å². The first kappa shape index (κ1) is 11.6. The average molecular weight is 258 g/mol. The first-order valence-corrected chi connectivity index (χ1v) is 5.88. The van der Waals surface area contributed by atoms with Gasteiger partial charge in [-0.1, -0.05) is 18.2 Å². The van der Waals surface area contributed by atoms with Gasteiger partial charge in [0.05, 0.1) is 11.6 Å². The Kier molecular flexibility index (Phi) is 2.87. The van der Waals surface area contributed by atoms with Gasteiger partial charge in [-0.05, 0) is 18.2 Å². The highest BCUT2D eigenvalue weighted by molar-refractivity contribution is 5.94. The van der Waals surface area contributed by atoms with Crippen molar-refractivity contribution >= 4 is 5.91 Å². The van der Waals surface area contributed by atoms with E-state index in [1.165, 1.54) is 12.3 Å². The van der Waals surface area contributed by atoms with E-state index in [0.717, 1.165) is 17.4 Å². The molecule has 1 N–H and O–H groups in total. The second kappa shape index (κ2) is 4.68. The van der Waals surface area contributed by atoms with Gasteiger partial charge in [0.1, 0.15) is 12.4 Å². The highest BCUT2D eigenvalue weighted by Gasteiger charge is 2.25. The van der Waals surface area contributed by atoms with Crippen LogP contribution in [0.2, 0.25) is 0 Å². The highest BCUT2D eigenvalue weighted by atomic mass is 19.1. The SMILES string of the molecule is O=C(NC1COc2ccccc21)c1ccc(F)nc1. The van der Waals surface area contributed by atoms with Gasteiger partial charge in [-0.2, -0.15) is 4.39 Å². The number of rotatable bonds is 2. The molecular weight excluding hydrogens is 247 g/mol. The van der Waals surface area contributed by atoms with Crippen LogP contribution >= 0.6 is 0 Å². The minimum atomic E-state index is -0.605. The maximum atomic E-state index is 12.7. The van der Waals surface area contributed by atoms with Crippen molar-refractivity contribution in [3.05, 3.63) is 59.7 Å². The van der Waals surface area contributed by atoms with Crippen LogP contribution in [0.1, 0.15) is 22.0 Å². The Balaban J connectivity index is 1.76.